The first-order chi connectivity index (χ1) is 8.87. The monoisotopic (exact) mass is 288 g/mol. The van der Waals surface area contributed by atoms with Gasteiger partial charge in [-0.3, -0.25) is 4.68 Å². The first-order valence-corrected chi connectivity index (χ1v) is 8.01. The van der Waals surface area contributed by atoms with E-state index in [4.69, 9.17) is 0 Å². The van der Waals surface area contributed by atoms with Crippen molar-refractivity contribution in [2.75, 3.05) is 20.1 Å². The molecule has 1 aromatic heterocycles. The van der Waals surface area contributed by atoms with Gasteiger partial charge in [0, 0.05) is 38.9 Å². The lowest BCUT2D eigenvalue weighted by Crippen LogP contribution is -2.39. The Morgan fingerprint density at radius 3 is 2.74 bits per heavy atom. The van der Waals surface area contributed by atoms with Gasteiger partial charge in [0.15, 0.2) is 0 Å². The summed E-state index contributed by atoms with van der Waals surface area (Å²) in [4.78, 5) is 0. The molecule has 1 unspecified atom stereocenters. The minimum absolute atomic E-state index is 0.355. The van der Waals surface area contributed by atoms with Crippen LogP contribution in [0, 0.1) is 0 Å². The molecule has 0 aliphatic heterocycles. The van der Waals surface area contributed by atoms with Crippen LogP contribution in [0.2, 0.25) is 0 Å². The summed E-state index contributed by atoms with van der Waals surface area (Å²) in [5.74, 6) is 0. The van der Waals surface area contributed by atoms with Gasteiger partial charge < -0.3 is 5.32 Å². The number of aromatic nitrogens is 2. The molecule has 0 saturated heterocycles. The number of sulfonamides is 1. The third kappa shape index (κ3) is 4.59. The third-order valence-corrected chi connectivity index (χ3v) is 5.15. The zero-order valence-corrected chi connectivity index (χ0v) is 12.9. The number of hydrogen-bond donors (Lipinski definition) is 1. The number of rotatable bonds is 8. The smallest absolute Gasteiger partial charge is 0.218 e. The Morgan fingerprint density at radius 1 is 1.53 bits per heavy atom. The van der Waals surface area contributed by atoms with E-state index in [-0.39, 0.29) is 0 Å². The lowest BCUT2D eigenvalue weighted by molar-refractivity contribution is 0.453. The highest BCUT2D eigenvalue weighted by Gasteiger charge is 2.25. The average Bonchev–Trinajstić information content (AvgIpc) is 2.74. The van der Waals surface area contributed by atoms with E-state index in [1.54, 1.807) is 24.9 Å². The van der Waals surface area contributed by atoms with E-state index in [1.165, 1.54) is 4.31 Å². The third-order valence-electron chi connectivity index (χ3n) is 2.97. The van der Waals surface area contributed by atoms with Gasteiger partial charge in [-0.15, -0.1) is 0 Å². The molecular formula is C12H24N4O2S. The van der Waals surface area contributed by atoms with Crippen molar-refractivity contribution in [1.29, 1.82) is 0 Å². The second kappa shape index (κ2) is 7.02. The summed E-state index contributed by atoms with van der Waals surface area (Å²) in [5, 5.41) is 6.75. The maximum absolute atomic E-state index is 12.3. The predicted octanol–water partition coefficient (Wildman–Crippen LogP) is 0.570. The van der Waals surface area contributed by atoms with Crippen molar-refractivity contribution in [3.63, 3.8) is 0 Å². The van der Waals surface area contributed by atoms with Gasteiger partial charge in [-0.05, 0) is 19.9 Å². The Labute approximate surface area is 115 Å². The van der Waals surface area contributed by atoms with Gasteiger partial charge in [0.05, 0.1) is 11.4 Å². The van der Waals surface area contributed by atoms with Crippen LogP contribution in [0.5, 0.6) is 0 Å². The van der Waals surface area contributed by atoms with Crippen molar-refractivity contribution in [2.24, 2.45) is 7.05 Å². The number of nitrogens with zero attached hydrogens (tertiary/aromatic N) is 3. The molecule has 0 saturated carbocycles. The largest absolute Gasteiger partial charge is 0.315 e. The quantitative estimate of drug-likeness (QED) is 0.710. The summed E-state index contributed by atoms with van der Waals surface area (Å²) in [6.07, 6.45) is 4.51. The molecule has 1 atom stereocenters. The van der Waals surface area contributed by atoms with Crippen LogP contribution in [0.25, 0.3) is 0 Å². The highest BCUT2D eigenvalue weighted by Crippen LogP contribution is 2.10. The minimum atomic E-state index is -3.27. The normalized spacial score (nSPS) is 13.9. The van der Waals surface area contributed by atoms with E-state index in [9.17, 15) is 8.42 Å². The van der Waals surface area contributed by atoms with Crippen LogP contribution in [0.4, 0.5) is 0 Å². The van der Waals surface area contributed by atoms with Gasteiger partial charge >= 0.3 is 0 Å². The van der Waals surface area contributed by atoms with Crippen LogP contribution in [-0.2, 0) is 23.6 Å². The molecule has 0 aromatic carbocycles. The lowest BCUT2D eigenvalue weighted by atomic mass is 10.4. The zero-order valence-electron chi connectivity index (χ0n) is 12.1. The second-order valence-electron chi connectivity index (χ2n) is 4.84. The molecule has 0 amide bonds. The van der Waals surface area contributed by atoms with Crippen LogP contribution < -0.4 is 5.32 Å². The zero-order chi connectivity index (χ0) is 14.5. The van der Waals surface area contributed by atoms with E-state index in [0.717, 1.165) is 18.5 Å². The van der Waals surface area contributed by atoms with E-state index in [0.29, 0.717) is 13.1 Å². The predicted molar refractivity (Wildman–Crippen MR) is 76.2 cm³/mol. The molecule has 1 rings (SSSR count). The highest BCUT2D eigenvalue weighted by atomic mass is 32.2. The molecule has 0 aliphatic rings. The van der Waals surface area contributed by atoms with Crippen molar-refractivity contribution in [1.82, 2.24) is 19.4 Å². The lowest BCUT2D eigenvalue weighted by Gasteiger charge is -2.21. The van der Waals surface area contributed by atoms with Gasteiger partial charge in [-0.1, -0.05) is 6.92 Å². The second-order valence-corrected chi connectivity index (χ2v) is 7.30. The molecule has 1 aromatic rings. The fourth-order valence-corrected chi connectivity index (χ4v) is 3.07. The first-order valence-electron chi connectivity index (χ1n) is 6.51. The van der Waals surface area contributed by atoms with Crippen LogP contribution in [0.1, 0.15) is 25.8 Å². The summed E-state index contributed by atoms with van der Waals surface area (Å²) < 4.78 is 27.6. The summed E-state index contributed by atoms with van der Waals surface area (Å²) in [6.45, 7) is 5.46. The molecule has 110 valence electrons. The fraction of sp³-hybridized carbons (Fsp3) is 0.750. The van der Waals surface area contributed by atoms with Crippen LogP contribution in [0.15, 0.2) is 12.4 Å². The van der Waals surface area contributed by atoms with Crippen LogP contribution in [0.3, 0.4) is 0 Å². The highest BCUT2D eigenvalue weighted by molar-refractivity contribution is 7.89. The molecule has 0 radical (unpaired) electrons. The Hall–Kier alpha value is -0.920. The van der Waals surface area contributed by atoms with E-state index < -0.39 is 15.3 Å². The summed E-state index contributed by atoms with van der Waals surface area (Å²) in [5.41, 5.74) is 0.891. The molecule has 0 bridgehead atoms. The van der Waals surface area contributed by atoms with E-state index in [2.05, 4.69) is 17.3 Å². The van der Waals surface area contributed by atoms with Crippen molar-refractivity contribution in [2.45, 2.75) is 32.1 Å². The summed E-state index contributed by atoms with van der Waals surface area (Å²) in [6, 6.07) is 0. The standard InChI is InChI=1S/C12H24N4O2S/c1-5-6-13-7-11(2)19(17,18)16(4)10-12-8-14-15(3)9-12/h8-9,11,13H,5-7,10H2,1-4H3. The summed E-state index contributed by atoms with van der Waals surface area (Å²) >= 11 is 0. The molecule has 19 heavy (non-hydrogen) atoms. The maximum atomic E-state index is 12.3. The number of nitrogens with one attached hydrogen (secondary N) is 1. The van der Waals surface area contributed by atoms with Crippen molar-refractivity contribution in [3.05, 3.63) is 18.0 Å². The summed E-state index contributed by atoms with van der Waals surface area (Å²) in [7, 11) is 0.150. The molecule has 1 N–H and O–H groups in total. The molecule has 7 heteroatoms. The van der Waals surface area contributed by atoms with Crippen LogP contribution >= 0.6 is 0 Å². The molecule has 0 aliphatic carbocycles. The molecule has 0 spiro atoms. The molecule has 6 nitrogen and oxygen atoms in total. The Kier molecular flexibility index (Phi) is 5.96. The van der Waals surface area contributed by atoms with Gasteiger partial charge in [0.1, 0.15) is 0 Å². The minimum Gasteiger partial charge on any atom is -0.315 e. The number of aryl methyl sites for hydroxylation is 1. The topological polar surface area (TPSA) is 67.2 Å². The first kappa shape index (κ1) is 16.1. The SMILES string of the molecule is CCCNCC(C)S(=O)(=O)N(C)Cc1cnn(C)c1. The van der Waals surface area contributed by atoms with Crippen LogP contribution in [-0.4, -0.2) is 47.9 Å². The van der Waals surface area contributed by atoms with E-state index >= 15 is 0 Å². The average molecular weight is 288 g/mol. The van der Waals surface area contributed by atoms with Gasteiger partial charge in [-0.2, -0.15) is 5.10 Å². The maximum Gasteiger partial charge on any atom is 0.218 e. The Morgan fingerprint density at radius 2 is 2.21 bits per heavy atom. The molecule has 0 fully saturated rings. The van der Waals surface area contributed by atoms with Gasteiger partial charge in [0.2, 0.25) is 10.0 Å². The molecular weight excluding hydrogens is 264 g/mol. The van der Waals surface area contributed by atoms with Gasteiger partial charge in [0.25, 0.3) is 0 Å². The van der Waals surface area contributed by atoms with Crippen molar-refractivity contribution in [3.8, 4) is 0 Å². The van der Waals surface area contributed by atoms with Crippen molar-refractivity contribution < 1.29 is 8.42 Å². The van der Waals surface area contributed by atoms with Crippen molar-refractivity contribution >= 4 is 10.0 Å². The number of hydrogen-bond acceptors (Lipinski definition) is 4. The fourth-order valence-electron chi connectivity index (χ4n) is 1.80. The Bertz CT molecular complexity index is 484. The molecule has 1 heterocycles. The van der Waals surface area contributed by atoms with E-state index in [1.807, 2.05) is 13.2 Å². The Balaban J connectivity index is 2.60. The van der Waals surface area contributed by atoms with Gasteiger partial charge in [-0.25, -0.2) is 12.7 Å².